The predicted octanol–water partition coefficient (Wildman–Crippen LogP) is 1.94. The van der Waals surface area contributed by atoms with Crippen LogP contribution in [0.4, 0.5) is 11.4 Å². The Hall–Kier alpha value is -1.31. The number of sulfonamides is 1. The summed E-state index contributed by atoms with van der Waals surface area (Å²) < 4.78 is 25.8. The van der Waals surface area contributed by atoms with Crippen LogP contribution in [0.3, 0.4) is 0 Å². The fraction of sp³-hybridized carbons (Fsp3) is 0.462. The molecular formula is C13H22ClN3O3S. The van der Waals surface area contributed by atoms with E-state index in [1.807, 2.05) is 0 Å². The van der Waals surface area contributed by atoms with Crippen molar-refractivity contribution in [3.8, 4) is 0 Å². The lowest BCUT2D eigenvalue weighted by atomic mass is 10.2. The van der Waals surface area contributed by atoms with Crippen LogP contribution in [0, 0.1) is 0 Å². The minimum atomic E-state index is -3.32. The molecule has 0 aliphatic rings. The molecule has 0 radical (unpaired) electrons. The molecule has 8 heteroatoms. The summed E-state index contributed by atoms with van der Waals surface area (Å²) in [5, 5.41) is 2.71. The van der Waals surface area contributed by atoms with E-state index >= 15 is 0 Å². The maximum Gasteiger partial charge on any atom is 0.232 e. The lowest BCUT2D eigenvalue weighted by molar-refractivity contribution is -0.116. The van der Waals surface area contributed by atoms with Crippen LogP contribution in [0.2, 0.25) is 0 Å². The Morgan fingerprint density at radius 2 is 1.95 bits per heavy atom. The van der Waals surface area contributed by atoms with Crippen molar-refractivity contribution in [2.24, 2.45) is 5.73 Å². The zero-order valence-corrected chi connectivity index (χ0v) is 13.6. The highest BCUT2D eigenvalue weighted by Gasteiger charge is 2.09. The van der Waals surface area contributed by atoms with Gasteiger partial charge in [0.15, 0.2) is 0 Å². The highest BCUT2D eigenvalue weighted by molar-refractivity contribution is 7.92. The van der Waals surface area contributed by atoms with Crippen molar-refractivity contribution in [2.75, 3.05) is 22.3 Å². The Balaban J connectivity index is 0.00000400. The van der Waals surface area contributed by atoms with Crippen molar-refractivity contribution in [3.05, 3.63) is 24.3 Å². The monoisotopic (exact) mass is 335 g/mol. The van der Waals surface area contributed by atoms with Gasteiger partial charge >= 0.3 is 0 Å². The first-order valence-corrected chi connectivity index (χ1v) is 8.22. The van der Waals surface area contributed by atoms with Gasteiger partial charge in [0.2, 0.25) is 15.9 Å². The van der Waals surface area contributed by atoms with Crippen molar-refractivity contribution in [2.45, 2.75) is 26.2 Å². The summed E-state index contributed by atoms with van der Waals surface area (Å²) >= 11 is 0. The van der Waals surface area contributed by atoms with Gasteiger partial charge in [-0.15, -0.1) is 12.4 Å². The average molecular weight is 336 g/mol. The molecular weight excluding hydrogens is 314 g/mol. The van der Waals surface area contributed by atoms with E-state index in [9.17, 15) is 13.2 Å². The highest BCUT2D eigenvalue weighted by Crippen LogP contribution is 2.17. The van der Waals surface area contributed by atoms with Crippen molar-refractivity contribution < 1.29 is 13.2 Å². The molecule has 0 atom stereocenters. The summed E-state index contributed by atoms with van der Waals surface area (Å²) in [4.78, 5) is 11.6. The summed E-state index contributed by atoms with van der Waals surface area (Å²) in [6.45, 7) is 2.26. The Bertz CT molecular complexity index is 549. The molecule has 0 bridgehead atoms. The first kappa shape index (κ1) is 19.7. The molecule has 21 heavy (non-hydrogen) atoms. The van der Waals surface area contributed by atoms with Crippen LogP contribution >= 0.6 is 12.4 Å². The molecule has 0 aromatic heterocycles. The lowest BCUT2D eigenvalue weighted by Gasteiger charge is -2.09. The number of nitrogens with two attached hydrogens (primary N) is 1. The summed E-state index contributed by atoms with van der Waals surface area (Å²) in [6, 6.07) is 6.62. The van der Waals surface area contributed by atoms with Gasteiger partial charge < -0.3 is 11.1 Å². The van der Waals surface area contributed by atoms with Crippen molar-refractivity contribution in [1.29, 1.82) is 0 Å². The smallest absolute Gasteiger partial charge is 0.232 e. The van der Waals surface area contributed by atoms with E-state index in [0.717, 1.165) is 0 Å². The Labute approximate surface area is 132 Å². The molecule has 0 aliphatic carbocycles. The van der Waals surface area contributed by atoms with Crippen LogP contribution in [-0.4, -0.2) is 26.6 Å². The topological polar surface area (TPSA) is 101 Å². The maximum absolute atomic E-state index is 11.7. The van der Waals surface area contributed by atoms with Crippen molar-refractivity contribution >= 4 is 39.7 Å². The second-order valence-corrected chi connectivity index (χ2v) is 6.28. The first-order chi connectivity index (χ1) is 9.46. The van der Waals surface area contributed by atoms with Crippen LogP contribution in [-0.2, 0) is 14.8 Å². The molecule has 1 aromatic carbocycles. The average Bonchev–Trinajstić information content (AvgIpc) is 2.36. The summed E-state index contributed by atoms with van der Waals surface area (Å²) in [6.07, 6.45) is 1.52. The Kier molecular flexibility index (Phi) is 9.00. The molecule has 1 rings (SSSR count). The van der Waals surface area contributed by atoms with Crippen LogP contribution < -0.4 is 15.8 Å². The van der Waals surface area contributed by atoms with Crippen LogP contribution in [0.1, 0.15) is 26.2 Å². The summed E-state index contributed by atoms with van der Waals surface area (Å²) in [5.74, 6) is -0.0656. The van der Waals surface area contributed by atoms with Crippen LogP contribution in [0.5, 0.6) is 0 Å². The van der Waals surface area contributed by atoms with Gasteiger partial charge in [0.05, 0.1) is 11.4 Å². The standard InChI is InChI=1S/C13H21N3O3S.ClH/c1-2-9-20(18,19)16-12-6-3-5-11(10-12)15-13(17)7-4-8-14;/h3,5-6,10,16H,2,4,7-9,14H2,1H3,(H,15,17);1H. The SMILES string of the molecule is CCCS(=O)(=O)Nc1cccc(NC(=O)CCCN)c1.Cl. The van der Waals surface area contributed by atoms with Gasteiger partial charge in [-0.25, -0.2) is 8.42 Å². The van der Waals surface area contributed by atoms with Crippen LogP contribution in [0.15, 0.2) is 24.3 Å². The number of carbonyl (C=O) groups is 1. The molecule has 1 aromatic rings. The summed E-state index contributed by atoms with van der Waals surface area (Å²) in [7, 11) is -3.32. The van der Waals surface area contributed by atoms with E-state index in [-0.39, 0.29) is 24.1 Å². The van der Waals surface area contributed by atoms with Gasteiger partial charge in [0.1, 0.15) is 0 Å². The van der Waals surface area contributed by atoms with Gasteiger partial charge in [-0.1, -0.05) is 13.0 Å². The van der Waals surface area contributed by atoms with E-state index in [2.05, 4.69) is 10.0 Å². The van der Waals surface area contributed by atoms with Gasteiger partial charge in [0, 0.05) is 12.1 Å². The number of nitrogens with one attached hydrogen (secondary N) is 2. The molecule has 1 amide bonds. The lowest BCUT2D eigenvalue weighted by Crippen LogP contribution is -2.17. The molecule has 120 valence electrons. The third-order valence-corrected chi connectivity index (χ3v) is 3.99. The Morgan fingerprint density at radius 1 is 1.29 bits per heavy atom. The van der Waals surface area contributed by atoms with E-state index in [0.29, 0.717) is 37.2 Å². The zero-order valence-electron chi connectivity index (χ0n) is 12.0. The molecule has 0 saturated carbocycles. The van der Waals surface area contributed by atoms with Gasteiger partial charge in [0.25, 0.3) is 0 Å². The number of benzene rings is 1. The third-order valence-electron chi connectivity index (χ3n) is 2.50. The normalized spacial score (nSPS) is 10.6. The molecule has 0 aliphatic heterocycles. The maximum atomic E-state index is 11.7. The third kappa shape index (κ3) is 7.89. The highest BCUT2D eigenvalue weighted by atomic mass is 35.5. The first-order valence-electron chi connectivity index (χ1n) is 6.57. The number of hydrogen-bond donors (Lipinski definition) is 3. The molecule has 0 unspecified atom stereocenters. The number of carbonyl (C=O) groups excluding carboxylic acids is 1. The second kappa shape index (κ2) is 9.59. The molecule has 4 N–H and O–H groups in total. The zero-order chi connectivity index (χ0) is 15.0. The second-order valence-electron chi connectivity index (χ2n) is 4.44. The quantitative estimate of drug-likeness (QED) is 0.675. The largest absolute Gasteiger partial charge is 0.330 e. The fourth-order valence-corrected chi connectivity index (χ4v) is 2.77. The van der Waals surface area contributed by atoms with Crippen molar-refractivity contribution in [1.82, 2.24) is 0 Å². The fourth-order valence-electron chi connectivity index (χ4n) is 1.65. The molecule has 0 heterocycles. The number of rotatable bonds is 8. The minimum Gasteiger partial charge on any atom is -0.330 e. The number of hydrogen-bond acceptors (Lipinski definition) is 4. The number of amides is 1. The van der Waals surface area contributed by atoms with E-state index in [1.165, 1.54) is 0 Å². The van der Waals surface area contributed by atoms with E-state index < -0.39 is 10.0 Å². The van der Waals surface area contributed by atoms with Gasteiger partial charge in [-0.2, -0.15) is 0 Å². The molecule has 0 fully saturated rings. The summed E-state index contributed by atoms with van der Waals surface area (Å²) in [5.41, 5.74) is 6.33. The number of anilines is 2. The minimum absolute atomic E-state index is 0. The molecule has 0 saturated heterocycles. The molecule has 6 nitrogen and oxygen atoms in total. The Morgan fingerprint density at radius 3 is 2.57 bits per heavy atom. The van der Waals surface area contributed by atoms with Gasteiger partial charge in [-0.3, -0.25) is 9.52 Å². The number of halogens is 1. The van der Waals surface area contributed by atoms with Crippen LogP contribution in [0.25, 0.3) is 0 Å². The van der Waals surface area contributed by atoms with Gasteiger partial charge in [-0.05, 0) is 37.6 Å². The van der Waals surface area contributed by atoms with Crippen molar-refractivity contribution in [3.63, 3.8) is 0 Å². The predicted molar refractivity (Wildman–Crippen MR) is 88.3 cm³/mol. The molecule has 0 spiro atoms. The van der Waals surface area contributed by atoms with E-state index in [1.54, 1.807) is 31.2 Å². The van der Waals surface area contributed by atoms with E-state index in [4.69, 9.17) is 5.73 Å².